The van der Waals surface area contributed by atoms with E-state index in [2.05, 4.69) is 35.9 Å². The molecule has 10 heavy (non-hydrogen) atoms. The zero-order valence-electron chi connectivity index (χ0n) is 6.67. The molecule has 58 valence electrons. The van der Waals surface area contributed by atoms with Crippen molar-refractivity contribution in [2.24, 2.45) is 9.98 Å². The minimum atomic E-state index is 0.433. The summed E-state index contributed by atoms with van der Waals surface area (Å²) in [5, 5.41) is 3.23. The number of aliphatic imine (C=N–C) groups is 2. The highest BCUT2D eigenvalue weighted by Crippen LogP contribution is 1.80. The largest absolute Gasteiger partial charge is 0.313 e. The van der Waals surface area contributed by atoms with Crippen LogP contribution in [0.25, 0.3) is 0 Å². The average molecular weight is 141 g/mol. The van der Waals surface area contributed by atoms with Gasteiger partial charge in [-0.1, -0.05) is 6.92 Å². The fourth-order valence-electron chi connectivity index (χ4n) is 0.676. The summed E-state index contributed by atoms with van der Waals surface area (Å²) in [6.07, 6.45) is 1.48. The molecule has 3 heteroatoms. The van der Waals surface area contributed by atoms with Crippen LogP contribution >= 0.6 is 0 Å². The van der Waals surface area contributed by atoms with Gasteiger partial charge < -0.3 is 5.32 Å². The van der Waals surface area contributed by atoms with Gasteiger partial charge in [0.1, 0.15) is 6.34 Å². The van der Waals surface area contributed by atoms with Crippen molar-refractivity contribution in [3.63, 3.8) is 0 Å². The topological polar surface area (TPSA) is 36.8 Å². The molecule has 1 N–H and O–H groups in total. The van der Waals surface area contributed by atoms with Crippen LogP contribution in [-0.2, 0) is 0 Å². The molecule has 0 aromatic carbocycles. The lowest BCUT2D eigenvalue weighted by molar-refractivity contribution is 0.578. The summed E-state index contributed by atoms with van der Waals surface area (Å²) in [6, 6.07) is 0.433. The highest BCUT2D eigenvalue weighted by atomic mass is 14.9. The number of nitrogens with one attached hydrogen (secondary N) is 1. The van der Waals surface area contributed by atoms with E-state index in [4.69, 9.17) is 0 Å². The molecule has 1 unspecified atom stereocenters. The normalized spacial score (nSPS) is 13.8. The summed E-state index contributed by atoms with van der Waals surface area (Å²) in [5.41, 5.74) is 0. The highest BCUT2D eigenvalue weighted by Gasteiger charge is 1.93. The summed E-state index contributed by atoms with van der Waals surface area (Å²) >= 11 is 0. The smallest absolute Gasteiger partial charge is 0.109 e. The van der Waals surface area contributed by atoms with Crippen LogP contribution in [0.15, 0.2) is 9.98 Å². The van der Waals surface area contributed by atoms with Gasteiger partial charge in [0.15, 0.2) is 0 Å². The summed E-state index contributed by atoms with van der Waals surface area (Å²) in [5.74, 6) is 0. The van der Waals surface area contributed by atoms with Crippen LogP contribution in [0.4, 0.5) is 0 Å². The van der Waals surface area contributed by atoms with Crippen LogP contribution in [0.3, 0.4) is 0 Å². The molecule has 0 aliphatic rings. The molecule has 0 spiro atoms. The Kier molecular flexibility index (Phi) is 5.97. The Balaban J connectivity index is 3.28. The van der Waals surface area contributed by atoms with E-state index < -0.39 is 0 Å². The summed E-state index contributed by atoms with van der Waals surface area (Å²) in [7, 11) is 0. The van der Waals surface area contributed by atoms with Crippen molar-refractivity contribution in [3.05, 3.63) is 0 Å². The van der Waals surface area contributed by atoms with Crippen LogP contribution in [0.5, 0.6) is 0 Å². The lowest BCUT2D eigenvalue weighted by Gasteiger charge is -2.06. The number of likely N-dealkylation sites (N-methyl/N-ethyl adjacent to an activating group) is 1. The minimum Gasteiger partial charge on any atom is -0.313 e. The monoisotopic (exact) mass is 141 g/mol. The van der Waals surface area contributed by atoms with Crippen LogP contribution in [0.2, 0.25) is 0 Å². The van der Waals surface area contributed by atoms with Crippen molar-refractivity contribution in [1.82, 2.24) is 5.32 Å². The van der Waals surface area contributed by atoms with E-state index in [0.29, 0.717) is 6.04 Å². The van der Waals surface area contributed by atoms with Gasteiger partial charge in [-0.05, 0) is 20.2 Å². The van der Waals surface area contributed by atoms with Crippen molar-refractivity contribution in [1.29, 1.82) is 0 Å². The molecule has 0 heterocycles. The fourth-order valence-corrected chi connectivity index (χ4v) is 0.676. The summed E-state index contributed by atoms with van der Waals surface area (Å²) in [6.45, 7) is 9.20. The molecule has 0 saturated heterocycles. The van der Waals surface area contributed by atoms with E-state index in [1.807, 2.05) is 0 Å². The van der Waals surface area contributed by atoms with Gasteiger partial charge in [-0.3, -0.25) is 9.98 Å². The second-order valence-electron chi connectivity index (χ2n) is 2.12. The molecule has 0 aliphatic heterocycles. The van der Waals surface area contributed by atoms with Crippen molar-refractivity contribution in [3.8, 4) is 0 Å². The van der Waals surface area contributed by atoms with Crippen molar-refractivity contribution in [2.75, 3.05) is 13.1 Å². The Hall–Kier alpha value is -0.700. The van der Waals surface area contributed by atoms with Gasteiger partial charge in [0.2, 0.25) is 0 Å². The second kappa shape index (κ2) is 6.42. The lowest BCUT2D eigenvalue weighted by Crippen LogP contribution is -2.28. The third-order valence-electron chi connectivity index (χ3n) is 1.10. The number of rotatable bonds is 5. The Labute approximate surface area is 62.3 Å². The molecular weight excluding hydrogens is 126 g/mol. The molecule has 3 nitrogen and oxygen atoms in total. The maximum atomic E-state index is 3.99. The molecule has 1 atom stereocenters. The summed E-state index contributed by atoms with van der Waals surface area (Å²) in [4.78, 5) is 7.49. The molecule has 0 aromatic rings. The first-order chi connectivity index (χ1) is 4.81. The van der Waals surface area contributed by atoms with Gasteiger partial charge in [0, 0.05) is 6.04 Å². The van der Waals surface area contributed by atoms with E-state index in [0.717, 1.165) is 13.1 Å². The molecule has 0 fully saturated rings. The first-order valence-corrected chi connectivity index (χ1v) is 3.48. The van der Waals surface area contributed by atoms with E-state index in [1.54, 1.807) is 0 Å². The van der Waals surface area contributed by atoms with Crippen molar-refractivity contribution < 1.29 is 0 Å². The molecule has 0 amide bonds. The SMILES string of the molecule is C=NC=NCC(C)NCC. The molecule has 0 aliphatic carbocycles. The molecule has 0 saturated carbocycles. The van der Waals surface area contributed by atoms with E-state index in [1.165, 1.54) is 6.34 Å². The van der Waals surface area contributed by atoms with Crippen LogP contribution in [0.1, 0.15) is 13.8 Å². The fraction of sp³-hybridized carbons (Fsp3) is 0.714. The quantitative estimate of drug-likeness (QED) is 0.444. The Morgan fingerprint density at radius 2 is 2.40 bits per heavy atom. The predicted molar refractivity (Wildman–Crippen MR) is 46.0 cm³/mol. The number of hydrogen-bond donors (Lipinski definition) is 1. The second-order valence-corrected chi connectivity index (χ2v) is 2.12. The standard InChI is InChI=1S/C7H15N3/c1-4-10-7(2)5-9-6-8-3/h6-7,10H,3-5H2,1-2H3. The number of hydrogen-bond acceptors (Lipinski definition) is 2. The zero-order chi connectivity index (χ0) is 7.82. The number of nitrogens with zero attached hydrogens (tertiary/aromatic N) is 2. The van der Waals surface area contributed by atoms with Gasteiger partial charge >= 0.3 is 0 Å². The van der Waals surface area contributed by atoms with Crippen LogP contribution < -0.4 is 5.32 Å². The van der Waals surface area contributed by atoms with Crippen LogP contribution in [0, 0.1) is 0 Å². The van der Waals surface area contributed by atoms with Crippen molar-refractivity contribution >= 4 is 13.1 Å². The van der Waals surface area contributed by atoms with Gasteiger partial charge in [0.05, 0.1) is 6.54 Å². The van der Waals surface area contributed by atoms with Gasteiger partial charge in [-0.25, -0.2) is 0 Å². The minimum absolute atomic E-state index is 0.433. The van der Waals surface area contributed by atoms with Gasteiger partial charge in [-0.2, -0.15) is 0 Å². The molecule has 0 bridgehead atoms. The van der Waals surface area contributed by atoms with Crippen molar-refractivity contribution in [2.45, 2.75) is 19.9 Å². The third kappa shape index (κ3) is 5.44. The Morgan fingerprint density at radius 3 is 2.90 bits per heavy atom. The van der Waals surface area contributed by atoms with Gasteiger partial charge in [-0.15, -0.1) is 0 Å². The lowest BCUT2D eigenvalue weighted by atomic mass is 10.3. The van der Waals surface area contributed by atoms with Crippen LogP contribution in [-0.4, -0.2) is 32.2 Å². The van der Waals surface area contributed by atoms with E-state index >= 15 is 0 Å². The molecule has 0 aromatic heterocycles. The summed E-state index contributed by atoms with van der Waals surface area (Å²) < 4.78 is 0. The third-order valence-corrected chi connectivity index (χ3v) is 1.10. The Morgan fingerprint density at radius 1 is 1.70 bits per heavy atom. The first kappa shape index (κ1) is 9.30. The Bertz CT molecular complexity index is 109. The predicted octanol–water partition coefficient (Wildman–Crippen LogP) is 0.713. The molecule has 0 rings (SSSR count). The molecular formula is C7H15N3. The average Bonchev–Trinajstić information content (AvgIpc) is 1.89. The van der Waals surface area contributed by atoms with E-state index in [9.17, 15) is 0 Å². The maximum absolute atomic E-state index is 3.99. The molecule has 0 radical (unpaired) electrons. The van der Waals surface area contributed by atoms with Gasteiger partial charge in [0.25, 0.3) is 0 Å². The van der Waals surface area contributed by atoms with E-state index in [-0.39, 0.29) is 0 Å². The zero-order valence-corrected chi connectivity index (χ0v) is 6.67. The first-order valence-electron chi connectivity index (χ1n) is 3.48. The highest BCUT2D eigenvalue weighted by molar-refractivity contribution is 5.61. The maximum Gasteiger partial charge on any atom is 0.109 e.